The average Bonchev–Trinajstić information content (AvgIpc) is 1.99. The molecule has 11 heavy (non-hydrogen) atoms. The number of hydrogen-bond acceptors (Lipinski definition) is 1. The van der Waals surface area contributed by atoms with E-state index in [1.165, 1.54) is 0 Å². The van der Waals surface area contributed by atoms with Crippen molar-refractivity contribution in [1.82, 2.24) is 0 Å². The Morgan fingerprint density at radius 3 is 2.64 bits per heavy atom. The zero-order valence-corrected chi connectivity index (χ0v) is 8.38. The van der Waals surface area contributed by atoms with E-state index in [2.05, 4.69) is 6.58 Å². The van der Waals surface area contributed by atoms with Gasteiger partial charge < -0.3 is 4.55 Å². The highest BCUT2D eigenvalue weighted by Gasteiger charge is 2.01. The van der Waals surface area contributed by atoms with Crippen LogP contribution in [0.5, 0.6) is 0 Å². The van der Waals surface area contributed by atoms with E-state index < -0.39 is 11.2 Å². The third-order valence-corrected chi connectivity index (χ3v) is 2.96. The zero-order chi connectivity index (χ0) is 8.53. The highest BCUT2D eigenvalue weighted by Crippen LogP contribution is 2.01. The van der Waals surface area contributed by atoms with E-state index in [1.54, 1.807) is 6.08 Å². The van der Waals surface area contributed by atoms with Crippen molar-refractivity contribution < 1.29 is 4.55 Å². The fourth-order valence-corrected chi connectivity index (χ4v) is 1.92. The van der Waals surface area contributed by atoms with Crippen LogP contribution in [0.2, 0.25) is 0 Å². The Hall–Kier alpha value is 0.400. The quantitative estimate of drug-likeness (QED) is 0.344. The number of unbranched alkanes of at least 4 members (excludes halogenated alkanes) is 2. The molecule has 0 fully saturated rings. The molecule has 0 aromatic carbocycles. The molecule has 0 saturated carbocycles. The van der Waals surface area contributed by atoms with E-state index in [0.29, 0.717) is 5.75 Å². The Kier molecular flexibility index (Phi) is 8.81. The summed E-state index contributed by atoms with van der Waals surface area (Å²) in [5.74, 6) is 2.27. The molecule has 0 amide bonds. The van der Waals surface area contributed by atoms with E-state index in [1.807, 2.05) is 0 Å². The summed E-state index contributed by atoms with van der Waals surface area (Å²) >= 11 is 4.11. The molecule has 1 atom stereocenters. The van der Waals surface area contributed by atoms with Gasteiger partial charge in [0.2, 0.25) is 0 Å². The van der Waals surface area contributed by atoms with Crippen LogP contribution in [-0.2, 0) is 11.2 Å². The molecule has 65 valence electrons. The molecule has 0 bridgehead atoms. The third-order valence-electron chi connectivity index (χ3n) is 1.32. The van der Waals surface area contributed by atoms with Crippen molar-refractivity contribution in [3.63, 3.8) is 0 Å². The molecule has 1 unspecified atom stereocenters. The van der Waals surface area contributed by atoms with Crippen molar-refractivity contribution in [3.8, 4) is 0 Å². The first kappa shape index (κ1) is 11.4. The van der Waals surface area contributed by atoms with Crippen molar-refractivity contribution in [2.24, 2.45) is 0 Å². The predicted octanol–water partition coefficient (Wildman–Crippen LogP) is 2.29. The highest BCUT2D eigenvalue weighted by molar-refractivity contribution is 7.91. The second kappa shape index (κ2) is 8.50. The van der Waals surface area contributed by atoms with Crippen LogP contribution in [0.3, 0.4) is 0 Å². The van der Waals surface area contributed by atoms with Crippen LogP contribution in [0.15, 0.2) is 12.7 Å². The van der Waals surface area contributed by atoms with E-state index in [-0.39, 0.29) is 0 Å². The fourth-order valence-electron chi connectivity index (χ4n) is 0.757. The molecule has 0 heterocycles. The lowest BCUT2D eigenvalue weighted by atomic mass is 10.3. The van der Waals surface area contributed by atoms with Crippen molar-refractivity contribution in [1.29, 1.82) is 0 Å². The molecule has 0 aliphatic carbocycles. The van der Waals surface area contributed by atoms with Crippen molar-refractivity contribution in [2.45, 2.75) is 19.3 Å². The molecular weight excluding hydrogens is 176 g/mol. The Morgan fingerprint density at radius 1 is 1.36 bits per heavy atom. The maximum absolute atomic E-state index is 11.0. The lowest BCUT2D eigenvalue weighted by Gasteiger charge is -2.07. The summed E-state index contributed by atoms with van der Waals surface area (Å²) in [6.45, 7) is 3.54. The first-order valence-corrected chi connectivity index (χ1v) is 5.91. The van der Waals surface area contributed by atoms with E-state index in [4.69, 9.17) is 12.6 Å². The minimum atomic E-state index is -0.676. The summed E-state index contributed by atoms with van der Waals surface area (Å²) in [6.07, 6.45) is 4.95. The van der Waals surface area contributed by atoms with Gasteiger partial charge >= 0.3 is 0 Å². The van der Waals surface area contributed by atoms with Crippen LogP contribution in [0.1, 0.15) is 19.3 Å². The summed E-state index contributed by atoms with van der Waals surface area (Å²) in [7, 11) is 0. The highest BCUT2D eigenvalue weighted by atomic mass is 32.2. The van der Waals surface area contributed by atoms with Crippen molar-refractivity contribution in [2.75, 3.05) is 17.3 Å². The Labute approximate surface area is 77.9 Å². The number of hydrogen-bond donors (Lipinski definition) is 0. The molecule has 3 heteroatoms. The van der Waals surface area contributed by atoms with Gasteiger partial charge in [0.1, 0.15) is 11.5 Å². The standard InChI is InChI=1S/C8H15OS2/c1-2-7-11(9)8-5-3-4-6-10/h2H,1,3-8H2. The minimum Gasteiger partial charge on any atom is -0.616 e. The van der Waals surface area contributed by atoms with Crippen LogP contribution in [0.25, 0.3) is 0 Å². The zero-order valence-electron chi connectivity index (χ0n) is 6.75. The van der Waals surface area contributed by atoms with Gasteiger partial charge in [0.05, 0.1) is 0 Å². The van der Waals surface area contributed by atoms with Gasteiger partial charge in [-0.2, -0.15) is 0 Å². The van der Waals surface area contributed by atoms with E-state index in [0.717, 1.165) is 30.8 Å². The summed E-state index contributed by atoms with van der Waals surface area (Å²) in [5.41, 5.74) is 0. The Balaban J connectivity index is 3.03. The van der Waals surface area contributed by atoms with Crippen LogP contribution in [-0.4, -0.2) is 21.8 Å². The minimum absolute atomic E-state index is 0.633. The summed E-state index contributed by atoms with van der Waals surface area (Å²) < 4.78 is 11.0. The second-order valence-electron chi connectivity index (χ2n) is 2.36. The summed E-state index contributed by atoms with van der Waals surface area (Å²) in [5, 5.41) is 0. The van der Waals surface area contributed by atoms with Gasteiger partial charge in [0.15, 0.2) is 0 Å². The molecule has 0 N–H and O–H groups in total. The Bertz CT molecular complexity index is 96.1. The molecule has 1 nitrogen and oxygen atoms in total. The first-order chi connectivity index (χ1) is 5.31. The fraction of sp³-hybridized carbons (Fsp3) is 0.750. The number of rotatable bonds is 7. The van der Waals surface area contributed by atoms with Gasteiger partial charge in [-0.05, 0) is 36.5 Å². The normalized spacial score (nSPS) is 12.9. The van der Waals surface area contributed by atoms with E-state index >= 15 is 0 Å². The molecular formula is C8H15OS2. The molecule has 0 aliphatic rings. The third kappa shape index (κ3) is 8.30. The van der Waals surface area contributed by atoms with Crippen LogP contribution >= 0.6 is 12.6 Å². The second-order valence-corrected chi connectivity index (χ2v) is 4.39. The summed E-state index contributed by atoms with van der Waals surface area (Å²) in [4.78, 5) is 0. The van der Waals surface area contributed by atoms with Gasteiger partial charge in [-0.25, -0.2) is 0 Å². The smallest absolute Gasteiger partial charge is 0.123 e. The predicted molar refractivity (Wildman–Crippen MR) is 54.4 cm³/mol. The monoisotopic (exact) mass is 191 g/mol. The maximum Gasteiger partial charge on any atom is 0.123 e. The lowest BCUT2D eigenvalue weighted by molar-refractivity contribution is 0.593. The SMILES string of the molecule is C=CC[S+]([O-])CCCCC[S]. The molecule has 0 spiro atoms. The van der Waals surface area contributed by atoms with E-state index in [9.17, 15) is 4.55 Å². The molecule has 1 radical (unpaired) electrons. The maximum atomic E-state index is 11.0. The van der Waals surface area contributed by atoms with Gasteiger partial charge in [-0.15, -0.1) is 0 Å². The van der Waals surface area contributed by atoms with Crippen LogP contribution in [0, 0.1) is 0 Å². The van der Waals surface area contributed by atoms with Gasteiger partial charge in [0, 0.05) is 5.75 Å². The molecule has 0 aliphatic heterocycles. The Morgan fingerprint density at radius 2 is 2.09 bits per heavy atom. The molecule has 0 aromatic rings. The van der Waals surface area contributed by atoms with Gasteiger partial charge in [-0.1, -0.05) is 19.2 Å². The topological polar surface area (TPSA) is 23.1 Å². The largest absolute Gasteiger partial charge is 0.616 e. The van der Waals surface area contributed by atoms with Crippen LogP contribution in [0.4, 0.5) is 0 Å². The molecule has 0 aromatic heterocycles. The lowest BCUT2D eigenvalue weighted by Crippen LogP contribution is -2.09. The van der Waals surface area contributed by atoms with Crippen molar-refractivity contribution in [3.05, 3.63) is 12.7 Å². The van der Waals surface area contributed by atoms with Gasteiger partial charge in [0.25, 0.3) is 0 Å². The average molecular weight is 191 g/mol. The first-order valence-electron chi connectivity index (χ1n) is 3.85. The molecule has 0 rings (SSSR count). The molecule has 0 saturated heterocycles. The summed E-state index contributed by atoms with van der Waals surface area (Å²) in [6, 6.07) is 0. The van der Waals surface area contributed by atoms with Crippen molar-refractivity contribution >= 4 is 23.8 Å². The van der Waals surface area contributed by atoms with Crippen LogP contribution < -0.4 is 0 Å². The van der Waals surface area contributed by atoms with Gasteiger partial charge in [-0.3, -0.25) is 0 Å².